The van der Waals surface area contributed by atoms with Gasteiger partial charge in [0.2, 0.25) is 0 Å². The van der Waals surface area contributed by atoms with Gasteiger partial charge in [-0.3, -0.25) is 0 Å². The first kappa shape index (κ1) is 144. The van der Waals surface area contributed by atoms with Gasteiger partial charge in [0.25, 0.3) is 0 Å². The van der Waals surface area contributed by atoms with Crippen molar-refractivity contribution in [3.63, 3.8) is 0 Å². The highest BCUT2D eigenvalue weighted by molar-refractivity contribution is 6.61. The van der Waals surface area contributed by atoms with Crippen molar-refractivity contribution < 1.29 is 264 Å². The van der Waals surface area contributed by atoms with Gasteiger partial charge in [-0.2, -0.15) is 193 Å². The maximum Gasteiger partial charge on any atom is 0.500 e. The molecule has 0 aliphatic rings. The maximum atomic E-state index is 13.8. The first-order valence-corrected chi connectivity index (χ1v) is 48.5. The Hall–Kier alpha value is -4.33. The summed E-state index contributed by atoms with van der Waals surface area (Å²) in [6.45, 7) is 11.3. The van der Waals surface area contributed by atoms with Crippen LogP contribution >= 0.6 is 0 Å². The van der Waals surface area contributed by atoms with E-state index >= 15 is 0 Å². The molecule has 0 heterocycles. The van der Waals surface area contributed by atoms with Gasteiger partial charge in [-0.15, -0.1) is 0 Å². The third-order valence-corrected chi connectivity index (χ3v) is 30.3. The third-order valence-electron chi connectivity index (χ3n) is 18.4. The normalized spacial score (nSPS) is 15.1. The monoisotopic (exact) mass is 2280 g/mol. The highest BCUT2D eigenvalue weighted by atomic mass is 28.4. The zero-order valence-corrected chi connectivity index (χ0v) is 80.6. The van der Waals surface area contributed by atoms with E-state index in [0.29, 0.717) is 96.6 Å². The van der Waals surface area contributed by atoms with Crippen molar-refractivity contribution in [2.24, 2.45) is 0 Å². The molecule has 142 heavy (non-hydrogen) atoms. The van der Waals surface area contributed by atoms with Crippen LogP contribution < -0.4 is 42.5 Å². The topological polar surface area (TPSA) is 207 Å². The summed E-state index contributed by atoms with van der Waals surface area (Å²) in [7, 11) is -2.55. The third kappa shape index (κ3) is 37.1. The van der Waals surface area contributed by atoms with E-state index in [-0.39, 0.29) is 77.2 Å². The predicted molar refractivity (Wildman–Crippen MR) is 416 cm³/mol. The van der Waals surface area contributed by atoms with Crippen molar-refractivity contribution in [2.45, 2.75) is 211 Å². The fourth-order valence-electron chi connectivity index (χ4n) is 10.5. The molecule has 0 atom stereocenters. The average Bonchev–Trinajstić information content (AvgIpc) is 0.701. The minimum Gasteiger partial charge on any atom is -0.377 e. The summed E-state index contributed by atoms with van der Waals surface area (Å²) in [6, 6.07) is 1.59. The Morgan fingerprint density at radius 3 is 0.507 bits per heavy atom. The van der Waals surface area contributed by atoms with E-state index in [0.717, 1.165) is 6.42 Å². The number of hydrogen-bond donors (Lipinski definition) is 8. The van der Waals surface area contributed by atoms with Gasteiger partial charge in [0.1, 0.15) is 0 Å². The summed E-state index contributed by atoms with van der Waals surface area (Å²) < 4.78 is 688. The Morgan fingerprint density at radius 2 is 0.331 bits per heavy atom. The van der Waals surface area contributed by atoms with Crippen LogP contribution in [0.4, 0.5) is 211 Å². The SMILES string of the molecule is CCO[Si](CCCNC/C=C(\F)C(F)(F)C(F)(F)C(F)(F)C(F)(F)C(F)(F)C(F)(F)C(F)(F)F)(OCC)OCC.CCO[Si](CCCNC/C=C(\F)C(F)(F)C(F)(F)C(F)(F)F)(OCC)OCC.CO[Si](CCCNCCNCCNC/C=C(\F)C(F)(F)C(F)(F)C(F)(F)C(F)(F)C(F)(F)C(F)(F)C(F)(F)F)(OC)OC.CO[Si](CCCNCCNCCNC/C=C(\F)C(F)(F)C(F)(F)C(F)(F)F)(OC)OC. The smallest absolute Gasteiger partial charge is 0.377 e. The van der Waals surface area contributed by atoms with Crippen LogP contribution in [0, 0.1) is 0 Å². The van der Waals surface area contributed by atoms with Crippen molar-refractivity contribution in [1.82, 2.24) is 42.5 Å². The van der Waals surface area contributed by atoms with E-state index in [1.54, 1.807) is 41.5 Å². The molecule has 0 bridgehead atoms. The number of alkyl halides is 44. The van der Waals surface area contributed by atoms with Gasteiger partial charge in [0, 0.05) is 185 Å². The van der Waals surface area contributed by atoms with Crippen molar-refractivity contribution in [2.75, 3.05) is 187 Å². The zero-order chi connectivity index (χ0) is 112. The summed E-state index contributed by atoms with van der Waals surface area (Å²) in [6.07, 6.45) is -28.0. The molecular formula is C70H108F48N8O12Si4. The van der Waals surface area contributed by atoms with E-state index in [4.69, 9.17) is 53.1 Å². The molecule has 0 aromatic heterocycles. The molecule has 20 nitrogen and oxygen atoms in total. The molecule has 0 aliphatic carbocycles. The molecule has 0 unspecified atom stereocenters. The molecule has 0 aromatic rings. The average molecular weight is 2280 g/mol. The summed E-state index contributed by atoms with van der Waals surface area (Å²) >= 11 is 0. The lowest BCUT2D eigenvalue weighted by Gasteiger charge is -2.41. The van der Waals surface area contributed by atoms with Crippen LogP contribution in [-0.2, 0) is 53.1 Å². The van der Waals surface area contributed by atoms with Gasteiger partial charge in [0.15, 0.2) is 23.3 Å². The van der Waals surface area contributed by atoms with Crippen molar-refractivity contribution in [1.29, 1.82) is 0 Å². The molecule has 0 radical (unpaired) electrons. The number of nitrogens with one attached hydrogen (secondary N) is 8. The van der Waals surface area contributed by atoms with E-state index in [9.17, 15) is 211 Å². The lowest BCUT2D eigenvalue weighted by atomic mass is 9.90. The fourth-order valence-corrected chi connectivity index (χ4v) is 19.2. The second-order valence-corrected chi connectivity index (χ2v) is 39.8. The first-order valence-electron chi connectivity index (χ1n) is 40.8. The lowest BCUT2D eigenvalue weighted by Crippen LogP contribution is -2.72. The van der Waals surface area contributed by atoms with Gasteiger partial charge in [0.05, 0.1) is 0 Å². The minimum atomic E-state index is -8.47. The second kappa shape index (κ2) is 59.5. The Morgan fingerprint density at radius 1 is 0.190 bits per heavy atom. The molecule has 0 aromatic carbocycles. The predicted octanol–water partition coefficient (Wildman–Crippen LogP) is 19.9. The van der Waals surface area contributed by atoms with Crippen molar-refractivity contribution in [3.8, 4) is 0 Å². The van der Waals surface area contributed by atoms with Crippen molar-refractivity contribution in [3.05, 3.63) is 47.6 Å². The maximum absolute atomic E-state index is 13.8. The van der Waals surface area contributed by atoms with E-state index in [1.807, 2.05) is 0 Å². The van der Waals surface area contributed by atoms with Crippen LogP contribution in [0.15, 0.2) is 47.6 Å². The van der Waals surface area contributed by atoms with Gasteiger partial charge in [-0.05, 0) is 118 Å². The van der Waals surface area contributed by atoms with Crippen LogP contribution in [0.5, 0.6) is 0 Å². The highest BCUT2D eigenvalue weighted by Gasteiger charge is 2.96. The molecule has 8 N–H and O–H groups in total. The number of hydrogen-bond acceptors (Lipinski definition) is 20. The van der Waals surface area contributed by atoms with E-state index < -0.39 is 216 Å². The van der Waals surface area contributed by atoms with Crippen LogP contribution in [0.2, 0.25) is 24.2 Å². The van der Waals surface area contributed by atoms with Crippen LogP contribution in [-0.4, -0.2) is 342 Å². The molecule has 0 rings (SSSR count). The Kier molecular flexibility index (Phi) is 60.3. The summed E-state index contributed by atoms with van der Waals surface area (Å²) in [5.74, 6) is -134. The Bertz CT molecular complexity index is 3590. The molecular weight excluding hydrogens is 2170 g/mol. The van der Waals surface area contributed by atoms with Crippen LogP contribution in [0.1, 0.15) is 67.2 Å². The van der Waals surface area contributed by atoms with E-state index in [2.05, 4.69) is 42.5 Å². The number of allylic oxidation sites excluding steroid dienone is 4. The standard InChI is InChI=1S/C20H29F16N3O3Si.C19H25F16NO3Si.C16H29F8N3O3Si.C15H25F8NO3Si/c1-40-43(41-2,42-3)12-4-6-37-8-10-39-11-9-38-7-5-13(21)14(22,23)15(24,25)16(26,27)17(28,29)18(30,31)19(32,33)20(34,35)36;1-4-37-40(38-5-2,39-6-3)11-7-9-36-10-8-12(20)13(21,22)14(23,24)15(25,26)16(27,28)17(29,30)18(31,32)19(33,34)35;1-28-31(29-2,30-3)12-4-6-25-8-10-27-11-9-26-7-5-13(17)14(18,19)15(20,21)16(22,23)24;1-4-25-28(26-5-2,27-6-3)11-7-9-24-10-8-12(16)13(17,18)14(19,20)15(21,22)23/h5,37-39H,4,6-12H2,1-3H3;8,36H,4-7,9-11H2,1-3H3;5,25-27H,4,6-12H2,1-3H3;8,24H,4-7,9-11H2,1-3H3/b13-5-;12-8-;13-5-;12-8-. The molecule has 0 aliphatic heterocycles. The molecule has 0 amide bonds. The first-order chi connectivity index (χ1) is 64.2. The summed E-state index contributed by atoms with van der Waals surface area (Å²) in [5.41, 5.74) is 0. The number of rotatable bonds is 70. The quantitative estimate of drug-likeness (QED) is 0.0162. The zero-order valence-electron chi connectivity index (χ0n) is 76.6. The second-order valence-electron chi connectivity index (χ2n) is 28.2. The molecule has 852 valence electrons. The molecule has 0 saturated carbocycles. The Labute approximate surface area is 785 Å². The fraction of sp³-hybridized carbons (Fsp3) is 0.886. The van der Waals surface area contributed by atoms with Crippen LogP contribution in [0.25, 0.3) is 0 Å². The lowest BCUT2D eigenvalue weighted by molar-refractivity contribution is -0.450. The van der Waals surface area contributed by atoms with Gasteiger partial charge < -0.3 is 95.6 Å². The van der Waals surface area contributed by atoms with E-state index in [1.165, 1.54) is 42.7 Å². The van der Waals surface area contributed by atoms with Gasteiger partial charge >= 0.3 is 155 Å². The van der Waals surface area contributed by atoms with Crippen molar-refractivity contribution >= 4 is 35.2 Å². The van der Waals surface area contributed by atoms with Gasteiger partial charge in [-0.25, -0.2) is 17.6 Å². The highest BCUT2D eigenvalue weighted by Crippen LogP contribution is 2.66. The Balaban J connectivity index is -0.000000906. The number of halogens is 48. The molecule has 0 spiro atoms. The summed E-state index contributed by atoms with van der Waals surface area (Å²) in [4.78, 5) is 0. The molecule has 0 fully saturated rings. The van der Waals surface area contributed by atoms with Crippen LogP contribution in [0.3, 0.4) is 0 Å². The minimum absolute atomic E-state index is 0.0313. The largest absolute Gasteiger partial charge is 0.500 e. The molecule has 72 heteroatoms. The summed E-state index contributed by atoms with van der Waals surface area (Å²) in [5, 5.41) is 21.1. The molecule has 0 saturated heterocycles. The van der Waals surface area contributed by atoms with Gasteiger partial charge in [-0.1, -0.05) is 0 Å².